The number of thioether (sulfide) groups is 1. The molecule has 0 heterocycles. The van der Waals surface area contributed by atoms with Crippen LogP contribution in [0.5, 0.6) is 0 Å². The molecule has 1 nitrogen and oxygen atoms in total. The second-order valence-electron chi connectivity index (χ2n) is 3.23. The van der Waals surface area contributed by atoms with Gasteiger partial charge in [-0.05, 0) is 24.6 Å². The van der Waals surface area contributed by atoms with Crippen molar-refractivity contribution in [2.45, 2.75) is 18.7 Å². The Morgan fingerprint density at radius 3 is 2.86 bits per heavy atom. The fourth-order valence-electron chi connectivity index (χ4n) is 0.994. The van der Waals surface area contributed by atoms with Crippen molar-refractivity contribution in [1.82, 2.24) is 0 Å². The first-order chi connectivity index (χ1) is 6.59. The van der Waals surface area contributed by atoms with E-state index in [1.165, 1.54) is 6.07 Å². The third kappa shape index (κ3) is 3.98. The van der Waals surface area contributed by atoms with Gasteiger partial charge in [-0.1, -0.05) is 22.0 Å². The van der Waals surface area contributed by atoms with E-state index in [4.69, 9.17) is 5.73 Å². The molecule has 0 bridgehead atoms. The van der Waals surface area contributed by atoms with Gasteiger partial charge in [0.2, 0.25) is 0 Å². The van der Waals surface area contributed by atoms with Crippen molar-refractivity contribution >= 4 is 27.7 Å². The Morgan fingerprint density at radius 2 is 2.29 bits per heavy atom. The van der Waals surface area contributed by atoms with Gasteiger partial charge in [-0.3, -0.25) is 0 Å². The number of benzene rings is 1. The minimum Gasteiger partial charge on any atom is -0.327 e. The summed E-state index contributed by atoms with van der Waals surface area (Å²) in [5.74, 6) is 1.38. The zero-order chi connectivity index (χ0) is 10.6. The molecule has 1 unspecified atom stereocenters. The quantitative estimate of drug-likeness (QED) is 0.915. The molecule has 0 aliphatic carbocycles. The third-order valence-corrected chi connectivity index (χ3v) is 3.42. The molecule has 78 valence electrons. The predicted octanol–water partition coefficient (Wildman–Crippen LogP) is 3.17. The van der Waals surface area contributed by atoms with E-state index in [2.05, 4.69) is 15.9 Å². The number of rotatable bonds is 4. The molecule has 2 N–H and O–H groups in total. The van der Waals surface area contributed by atoms with Crippen molar-refractivity contribution in [3.63, 3.8) is 0 Å². The summed E-state index contributed by atoms with van der Waals surface area (Å²) in [6, 6.07) is 5.30. The maximum Gasteiger partial charge on any atom is 0.128 e. The van der Waals surface area contributed by atoms with Gasteiger partial charge in [-0.2, -0.15) is 11.8 Å². The Bertz CT molecular complexity index is 304. The van der Waals surface area contributed by atoms with Crippen LogP contribution in [0.15, 0.2) is 22.7 Å². The lowest BCUT2D eigenvalue weighted by atomic mass is 10.2. The summed E-state index contributed by atoms with van der Waals surface area (Å²) in [5.41, 5.74) is 6.33. The van der Waals surface area contributed by atoms with Crippen LogP contribution in [0, 0.1) is 5.82 Å². The molecular formula is C10H13BrFNS. The standard InChI is InChI=1S/C10H13BrFNS/c1-7(13)5-14-6-8-2-3-9(11)4-10(8)12/h2-4,7H,5-6,13H2,1H3. The minimum atomic E-state index is -0.156. The van der Waals surface area contributed by atoms with Crippen LogP contribution in [0.1, 0.15) is 12.5 Å². The van der Waals surface area contributed by atoms with Crippen LogP contribution in [0.25, 0.3) is 0 Å². The predicted molar refractivity (Wildman–Crippen MR) is 63.9 cm³/mol. The molecule has 0 fully saturated rings. The Balaban J connectivity index is 2.51. The SMILES string of the molecule is CC(N)CSCc1ccc(Br)cc1F. The fraction of sp³-hybridized carbons (Fsp3) is 0.400. The lowest BCUT2D eigenvalue weighted by Crippen LogP contribution is -2.17. The lowest BCUT2D eigenvalue weighted by molar-refractivity contribution is 0.616. The summed E-state index contributed by atoms with van der Waals surface area (Å²) >= 11 is 4.88. The maximum atomic E-state index is 13.3. The van der Waals surface area contributed by atoms with Crippen LogP contribution in [-0.4, -0.2) is 11.8 Å². The maximum absolute atomic E-state index is 13.3. The molecule has 1 aromatic rings. The molecule has 0 saturated carbocycles. The second-order valence-corrected chi connectivity index (χ2v) is 5.17. The zero-order valence-electron chi connectivity index (χ0n) is 7.97. The van der Waals surface area contributed by atoms with Crippen LogP contribution in [0.2, 0.25) is 0 Å². The van der Waals surface area contributed by atoms with Gasteiger partial charge in [0.1, 0.15) is 5.82 Å². The second kappa shape index (κ2) is 5.73. The van der Waals surface area contributed by atoms with Gasteiger partial charge in [-0.15, -0.1) is 0 Å². The molecule has 0 saturated heterocycles. The molecule has 1 aromatic carbocycles. The molecule has 0 aliphatic rings. The average Bonchev–Trinajstić information content (AvgIpc) is 2.08. The third-order valence-electron chi connectivity index (χ3n) is 1.65. The number of nitrogens with two attached hydrogens (primary N) is 1. The van der Waals surface area contributed by atoms with Gasteiger partial charge < -0.3 is 5.73 Å². The zero-order valence-corrected chi connectivity index (χ0v) is 10.4. The first-order valence-corrected chi connectivity index (χ1v) is 6.31. The van der Waals surface area contributed by atoms with E-state index < -0.39 is 0 Å². The van der Waals surface area contributed by atoms with Gasteiger partial charge in [0, 0.05) is 22.0 Å². The summed E-state index contributed by atoms with van der Waals surface area (Å²) in [6.45, 7) is 1.95. The first-order valence-electron chi connectivity index (χ1n) is 4.37. The lowest BCUT2D eigenvalue weighted by Gasteiger charge is -2.05. The fourth-order valence-corrected chi connectivity index (χ4v) is 2.27. The van der Waals surface area contributed by atoms with Gasteiger partial charge in [0.15, 0.2) is 0 Å². The Labute approximate surface area is 96.4 Å². The van der Waals surface area contributed by atoms with Crippen molar-refractivity contribution in [2.75, 3.05) is 5.75 Å². The summed E-state index contributed by atoms with van der Waals surface area (Å²) < 4.78 is 14.1. The smallest absolute Gasteiger partial charge is 0.128 e. The summed E-state index contributed by atoms with van der Waals surface area (Å²) in [6.07, 6.45) is 0. The van der Waals surface area contributed by atoms with Crippen molar-refractivity contribution in [3.05, 3.63) is 34.1 Å². The molecule has 0 aromatic heterocycles. The van der Waals surface area contributed by atoms with Crippen LogP contribution < -0.4 is 5.73 Å². The van der Waals surface area contributed by atoms with Crippen LogP contribution in [0.3, 0.4) is 0 Å². The topological polar surface area (TPSA) is 26.0 Å². The number of halogens is 2. The highest BCUT2D eigenvalue weighted by Crippen LogP contribution is 2.19. The minimum absolute atomic E-state index is 0.156. The van der Waals surface area contributed by atoms with E-state index >= 15 is 0 Å². The average molecular weight is 278 g/mol. The highest BCUT2D eigenvalue weighted by atomic mass is 79.9. The number of hydrogen-bond acceptors (Lipinski definition) is 2. The highest BCUT2D eigenvalue weighted by molar-refractivity contribution is 9.10. The normalized spacial score (nSPS) is 12.9. The molecule has 1 rings (SSSR count). The van der Waals surface area contributed by atoms with E-state index in [1.807, 2.05) is 13.0 Å². The monoisotopic (exact) mass is 277 g/mol. The van der Waals surface area contributed by atoms with E-state index in [1.54, 1.807) is 17.8 Å². The van der Waals surface area contributed by atoms with Gasteiger partial charge in [0.25, 0.3) is 0 Å². The van der Waals surface area contributed by atoms with Crippen molar-refractivity contribution < 1.29 is 4.39 Å². The molecule has 0 spiro atoms. The van der Waals surface area contributed by atoms with Gasteiger partial charge in [-0.25, -0.2) is 4.39 Å². The Hall–Kier alpha value is -0.0600. The van der Waals surface area contributed by atoms with Gasteiger partial charge in [0.05, 0.1) is 0 Å². The molecule has 0 aliphatic heterocycles. The van der Waals surface area contributed by atoms with Crippen molar-refractivity contribution in [2.24, 2.45) is 5.73 Å². The van der Waals surface area contributed by atoms with E-state index in [0.29, 0.717) is 5.75 Å². The van der Waals surface area contributed by atoms with Crippen LogP contribution in [0.4, 0.5) is 4.39 Å². The summed E-state index contributed by atoms with van der Waals surface area (Å²) in [5, 5.41) is 0. The van der Waals surface area contributed by atoms with Crippen LogP contribution in [-0.2, 0) is 5.75 Å². The summed E-state index contributed by atoms with van der Waals surface area (Å²) in [7, 11) is 0. The van der Waals surface area contributed by atoms with Gasteiger partial charge >= 0.3 is 0 Å². The van der Waals surface area contributed by atoms with E-state index in [-0.39, 0.29) is 11.9 Å². The molecule has 14 heavy (non-hydrogen) atoms. The largest absolute Gasteiger partial charge is 0.327 e. The molecule has 4 heteroatoms. The molecule has 1 atom stereocenters. The van der Waals surface area contributed by atoms with Crippen LogP contribution >= 0.6 is 27.7 Å². The Kier molecular flexibility index (Phi) is 4.92. The van der Waals surface area contributed by atoms with Crippen molar-refractivity contribution in [1.29, 1.82) is 0 Å². The van der Waals surface area contributed by atoms with E-state index in [9.17, 15) is 4.39 Å². The highest BCUT2D eigenvalue weighted by Gasteiger charge is 2.03. The Morgan fingerprint density at radius 1 is 1.57 bits per heavy atom. The molecular weight excluding hydrogens is 265 g/mol. The van der Waals surface area contributed by atoms with Crippen molar-refractivity contribution in [3.8, 4) is 0 Å². The first kappa shape index (κ1) is 12.0. The van der Waals surface area contributed by atoms with E-state index in [0.717, 1.165) is 15.8 Å². The molecule has 0 amide bonds. The summed E-state index contributed by atoms with van der Waals surface area (Å²) in [4.78, 5) is 0. The number of hydrogen-bond donors (Lipinski definition) is 1. The molecule has 0 radical (unpaired) electrons.